The number of carbonyl (C=O) groups is 1. The average molecular weight is 489 g/mol. The van der Waals surface area contributed by atoms with Crippen LogP contribution in [0.5, 0.6) is 0 Å². The van der Waals surface area contributed by atoms with Crippen molar-refractivity contribution in [1.82, 2.24) is 24.5 Å². The van der Waals surface area contributed by atoms with Crippen molar-refractivity contribution in [2.45, 2.75) is 19.3 Å². The highest BCUT2D eigenvalue weighted by Crippen LogP contribution is 2.41. The summed E-state index contributed by atoms with van der Waals surface area (Å²) in [5.74, 6) is 0.888. The summed E-state index contributed by atoms with van der Waals surface area (Å²) in [5.41, 5.74) is 2.76. The van der Waals surface area contributed by atoms with E-state index in [9.17, 15) is 4.79 Å². The number of carbonyl (C=O) groups excluding carboxylic acids is 1. The summed E-state index contributed by atoms with van der Waals surface area (Å²) in [6, 6.07) is 3.75. The van der Waals surface area contributed by atoms with Gasteiger partial charge in [0.15, 0.2) is 0 Å². The number of thiophene rings is 1. The van der Waals surface area contributed by atoms with Gasteiger partial charge in [-0.2, -0.15) is 0 Å². The molecule has 0 spiro atoms. The topological polar surface area (TPSA) is 93.1 Å². The number of rotatable bonds is 6. The summed E-state index contributed by atoms with van der Waals surface area (Å²) in [7, 11) is 3.49. The maximum Gasteiger partial charge on any atom is 0.225 e. The Kier molecular flexibility index (Phi) is 5.93. The van der Waals surface area contributed by atoms with Crippen molar-refractivity contribution in [3.05, 3.63) is 33.9 Å². The minimum Gasteiger partial charge on any atom is -0.383 e. The second-order valence-corrected chi connectivity index (χ2v) is 10.1. The molecule has 1 aliphatic rings. The number of amides is 1. The maximum atomic E-state index is 12.9. The van der Waals surface area contributed by atoms with Crippen LogP contribution in [0.3, 0.4) is 0 Å². The maximum absolute atomic E-state index is 12.9. The molecule has 0 bridgehead atoms. The number of nitrogens with zero attached hydrogens (tertiary/aromatic N) is 5. The number of nitrogens with one attached hydrogen (secondary N) is 1. The monoisotopic (exact) mass is 488 g/mol. The molecular formula is C21H21ClN6O2S2. The van der Waals surface area contributed by atoms with Crippen molar-refractivity contribution in [3.63, 3.8) is 0 Å². The molecule has 11 heteroatoms. The quantitative estimate of drug-likeness (QED) is 0.432. The summed E-state index contributed by atoms with van der Waals surface area (Å²) in [6.45, 7) is 1.14. The normalized spacial score (nSPS) is 15.8. The number of ether oxygens (including phenoxy) is 1. The lowest BCUT2D eigenvalue weighted by Gasteiger charge is -2.26. The predicted molar refractivity (Wildman–Crippen MR) is 128 cm³/mol. The first-order chi connectivity index (χ1) is 15.5. The van der Waals surface area contributed by atoms with E-state index in [1.807, 2.05) is 13.1 Å². The van der Waals surface area contributed by atoms with Gasteiger partial charge >= 0.3 is 0 Å². The van der Waals surface area contributed by atoms with E-state index in [0.717, 1.165) is 51.2 Å². The highest BCUT2D eigenvalue weighted by Gasteiger charge is 2.30. The molecule has 0 saturated carbocycles. The zero-order valence-corrected chi connectivity index (χ0v) is 20.0. The van der Waals surface area contributed by atoms with Crippen LogP contribution >= 0.6 is 34.5 Å². The Balaban J connectivity index is 1.44. The molecule has 5 rings (SSSR count). The van der Waals surface area contributed by atoms with Gasteiger partial charge < -0.3 is 15.0 Å². The third-order valence-corrected chi connectivity index (χ3v) is 7.95. The molecule has 0 saturated heterocycles. The first kappa shape index (κ1) is 21.4. The Morgan fingerprint density at radius 3 is 3.09 bits per heavy atom. The fraction of sp³-hybridized carbons (Fsp3) is 0.381. The van der Waals surface area contributed by atoms with Crippen molar-refractivity contribution in [2.75, 3.05) is 32.6 Å². The molecule has 1 N–H and O–H groups in total. The Morgan fingerprint density at radius 1 is 1.38 bits per heavy atom. The summed E-state index contributed by atoms with van der Waals surface area (Å²) < 4.78 is 10.0. The number of anilines is 2. The van der Waals surface area contributed by atoms with Gasteiger partial charge in [-0.05, 0) is 48.5 Å². The van der Waals surface area contributed by atoms with Gasteiger partial charge in [0.25, 0.3) is 0 Å². The molecule has 1 aliphatic carbocycles. The lowest BCUT2D eigenvalue weighted by atomic mass is 9.87. The van der Waals surface area contributed by atoms with Crippen LogP contribution in [0.4, 0.5) is 11.5 Å². The molecule has 8 nitrogen and oxygen atoms in total. The molecular weight excluding hydrogens is 468 g/mol. The predicted octanol–water partition coefficient (Wildman–Crippen LogP) is 4.30. The van der Waals surface area contributed by atoms with E-state index < -0.39 is 0 Å². The number of aryl methyl sites for hydroxylation is 1. The molecule has 1 atom stereocenters. The summed E-state index contributed by atoms with van der Waals surface area (Å²) in [6.07, 6.45) is 3.92. The number of aromatic nitrogens is 4. The number of methoxy groups -OCH3 is 1. The molecule has 1 amide bonds. The summed E-state index contributed by atoms with van der Waals surface area (Å²) in [4.78, 5) is 25.8. The van der Waals surface area contributed by atoms with Crippen LogP contribution in [0.1, 0.15) is 16.9 Å². The van der Waals surface area contributed by atoms with Crippen molar-refractivity contribution < 1.29 is 9.53 Å². The second kappa shape index (κ2) is 8.86. The van der Waals surface area contributed by atoms with E-state index >= 15 is 0 Å². The molecule has 3 aromatic heterocycles. The fourth-order valence-electron chi connectivity index (χ4n) is 4.09. The van der Waals surface area contributed by atoms with Gasteiger partial charge in [0.2, 0.25) is 5.91 Å². The van der Waals surface area contributed by atoms with Gasteiger partial charge in [0.1, 0.15) is 22.5 Å². The first-order valence-electron chi connectivity index (χ1n) is 10.2. The van der Waals surface area contributed by atoms with Crippen LogP contribution in [0, 0.1) is 5.92 Å². The Labute approximate surface area is 197 Å². The number of hydrogen-bond donors (Lipinski definition) is 1. The summed E-state index contributed by atoms with van der Waals surface area (Å²) >= 11 is 9.45. The van der Waals surface area contributed by atoms with Crippen LogP contribution in [-0.4, -0.2) is 57.7 Å². The molecule has 0 aliphatic heterocycles. The number of likely N-dealkylation sites (N-methyl/N-ethyl adjacent to an activating group) is 1. The zero-order valence-electron chi connectivity index (χ0n) is 17.6. The Hall–Kier alpha value is -2.40. The summed E-state index contributed by atoms with van der Waals surface area (Å²) in [5, 5.41) is 9.05. The molecule has 32 heavy (non-hydrogen) atoms. The first-order valence-corrected chi connectivity index (χ1v) is 12.2. The van der Waals surface area contributed by atoms with E-state index in [0.29, 0.717) is 18.2 Å². The average Bonchev–Trinajstić information content (AvgIpc) is 3.40. The van der Waals surface area contributed by atoms with E-state index in [-0.39, 0.29) is 11.8 Å². The van der Waals surface area contributed by atoms with Crippen LogP contribution in [0.2, 0.25) is 5.02 Å². The van der Waals surface area contributed by atoms with Gasteiger partial charge in [-0.1, -0.05) is 16.1 Å². The highest BCUT2D eigenvalue weighted by atomic mass is 35.5. The second-order valence-electron chi connectivity index (χ2n) is 7.80. The van der Waals surface area contributed by atoms with E-state index in [4.69, 9.17) is 16.3 Å². The molecule has 0 radical (unpaired) electrons. The van der Waals surface area contributed by atoms with Crippen molar-refractivity contribution in [1.29, 1.82) is 0 Å². The highest BCUT2D eigenvalue weighted by molar-refractivity contribution is 7.19. The Bertz CT molecular complexity index is 1310. The number of benzene rings is 1. The zero-order chi connectivity index (χ0) is 22.2. The number of fused-ring (bicyclic) bond motifs is 4. The third-order valence-electron chi connectivity index (χ3n) is 5.79. The van der Waals surface area contributed by atoms with Gasteiger partial charge in [-0.15, -0.1) is 16.4 Å². The van der Waals surface area contributed by atoms with E-state index in [2.05, 4.69) is 24.9 Å². The van der Waals surface area contributed by atoms with Crippen LogP contribution in [0.15, 0.2) is 18.5 Å². The van der Waals surface area contributed by atoms with Crippen molar-refractivity contribution in [3.8, 4) is 0 Å². The van der Waals surface area contributed by atoms with Gasteiger partial charge in [0, 0.05) is 31.5 Å². The molecule has 0 unspecified atom stereocenters. The molecule has 166 valence electrons. The standard InChI is InChI=1S/C21H21ClN6O2S2/c1-28(5-6-30-2)21(29)11-3-4-12-16(7-11)31-20-18(12)19(23-10-24-20)25-14-9-17-15(8-13(14)22)26-27-32-17/h8-11H,3-7H2,1-2H3,(H,23,24,25)/t11-/m0/s1. The van der Waals surface area contributed by atoms with Gasteiger partial charge in [-0.25, -0.2) is 9.97 Å². The van der Waals surface area contributed by atoms with Gasteiger partial charge in [-0.3, -0.25) is 4.79 Å². The smallest absolute Gasteiger partial charge is 0.225 e. The third kappa shape index (κ3) is 3.92. The molecule has 3 heterocycles. The van der Waals surface area contributed by atoms with Crippen LogP contribution in [0.25, 0.3) is 20.4 Å². The minimum atomic E-state index is -0.0162. The largest absolute Gasteiger partial charge is 0.383 e. The molecule has 0 fully saturated rings. The number of hydrogen-bond acceptors (Lipinski definition) is 9. The lowest BCUT2D eigenvalue weighted by Crippen LogP contribution is -2.37. The van der Waals surface area contributed by atoms with E-state index in [1.54, 1.807) is 35.7 Å². The number of halogens is 1. The van der Waals surface area contributed by atoms with Crippen molar-refractivity contribution in [2.24, 2.45) is 5.92 Å². The molecule has 1 aromatic carbocycles. The van der Waals surface area contributed by atoms with Crippen LogP contribution < -0.4 is 5.32 Å². The minimum absolute atomic E-state index is 0.0162. The van der Waals surface area contributed by atoms with Crippen molar-refractivity contribution >= 4 is 72.3 Å². The van der Waals surface area contributed by atoms with E-state index in [1.165, 1.54) is 22.0 Å². The van der Waals surface area contributed by atoms with Crippen LogP contribution in [-0.2, 0) is 22.4 Å². The lowest BCUT2D eigenvalue weighted by molar-refractivity contribution is -0.135. The SMILES string of the molecule is COCCN(C)C(=O)[C@H]1CCc2c(sc3ncnc(Nc4cc5snnc5cc4Cl)c23)C1. The van der Waals surface area contributed by atoms with Gasteiger partial charge in [0.05, 0.1) is 27.4 Å². The fourth-order valence-corrected chi connectivity index (χ4v) is 6.14. The Morgan fingerprint density at radius 2 is 2.25 bits per heavy atom. The molecule has 4 aromatic rings.